The minimum atomic E-state index is 0.774. The van der Waals surface area contributed by atoms with Crippen molar-refractivity contribution < 1.29 is 0 Å². The number of halogens is 1. The number of thioether (sulfide) groups is 1. The summed E-state index contributed by atoms with van der Waals surface area (Å²) in [6.07, 6.45) is 1.82. The van der Waals surface area contributed by atoms with Gasteiger partial charge in [-0.1, -0.05) is 70.2 Å². The van der Waals surface area contributed by atoms with Crippen molar-refractivity contribution in [1.29, 1.82) is 0 Å². The molecule has 0 radical (unpaired) electrons. The summed E-state index contributed by atoms with van der Waals surface area (Å²) in [7, 11) is 0. The van der Waals surface area contributed by atoms with Crippen molar-refractivity contribution in [3.05, 3.63) is 76.0 Å². The van der Waals surface area contributed by atoms with E-state index in [0.717, 1.165) is 26.8 Å². The molecule has 0 aliphatic heterocycles. The Morgan fingerprint density at radius 2 is 1.83 bits per heavy atom. The summed E-state index contributed by atoms with van der Waals surface area (Å²) in [5.41, 5.74) is 2.28. The molecule has 0 aliphatic carbocycles. The molecule has 3 aromatic rings. The van der Waals surface area contributed by atoms with E-state index in [9.17, 15) is 0 Å². The summed E-state index contributed by atoms with van der Waals surface area (Å²) in [5, 5.41) is 13.6. The molecule has 0 bridgehead atoms. The average Bonchev–Trinajstić information content (AvgIpc) is 2.93. The molecule has 0 saturated heterocycles. The van der Waals surface area contributed by atoms with E-state index in [0.29, 0.717) is 0 Å². The van der Waals surface area contributed by atoms with Crippen molar-refractivity contribution in [3.63, 3.8) is 0 Å². The van der Waals surface area contributed by atoms with Gasteiger partial charge in [0.05, 0.1) is 6.21 Å². The van der Waals surface area contributed by atoms with Crippen LogP contribution in [0.3, 0.4) is 0 Å². The fourth-order valence-electron chi connectivity index (χ4n) is 1.95. The topological polar surface area (TPSA) is 43.1 Å². The molecule has 0 atom stereocenters. The molecule has 0 saturated carbocycles. The van der Waals surface area contributed by atoms with Crippen molar-refractivity contribution in [2.24, 2.45) is 5.10 Å². The highest BCUT2D eigenvalue weighted by Gasteiger charge is 2.08. The normalized spacial score (nSPS) is 11.2. The fourth-order valence-corrected chi connectivity index (χ4v) is 3.11. The number of hydrogen-bond donors (Lipinski definition) is 0. The van der Waals surface area contributed by atoms with E-state index >= 15 is 0 Å². The van der Waals surface area contributed by atoms with Crippen LogP contribution in [0.2, 0.25) is 0 Å². The van der Waals surface area contributed by atoms with Crippen LogP contribution in [-0.2, 0) is 5.75 Å². The quantitative estimate of drug-likeness (QED) is 0.478. The Balaban J connectivity index is 1.73. The van der Waals surface area contributed by atoms with Crippen molar-refractivity contribution in [2.75, 3.05) is 0 Å². The Hall–Kier alpha value is -1.92. The van der Waals surface area contributed by atoms with Crippen LogP contribution in [0.4, 0.5) is 0 Å². The summed E-state index contributed by atoms with van der Waals surface area (Å²) < 4.78 is 2.86. The van der Waals surface area contributed by atoms with Crippen LogP contribution < -0.4 is 0 Å². The van der Waals surface area contributed by atoms with Crippen LogP contribution in [0, 0.1) is 6.92 Å². The molecule has 0 N–H and O–H groups in total. The largest absolute Gasteiger partial charge is 0.212 e. The summed E-state index contributed by atoms with van der Waals surface area (Å²) >= 11 is 5.07. The predicted molar refractivity (Wildman–Crippen MR) is 97.9 cm³/mol. The maximum Gasteiger partial charge on any atom is 0.212 e. The first-order valence-corrected chi connectivity index (χ1v) is 8.89. The molecular weight excluding hydrogens is 372 g/mol. The van der Waals surface area contributed by atoms with E-state index in [1.165, 1.54) is 5.56 Å². The zero-order valence-electron chi connectivity index (χ0n) is 12.6. The second-order valence-electron chi connectivity index (χ2n) is 4.91. The molecule has 1 aromatic heterocycles. The second-order valence-corrected chi connectivity index (χ2v) is 6.77. The number of aromatic nitrogens is 3. The predicted octanol–water partition coefficient (Wildman–Crippen LogP) is 4.52. The van der Waals surface area contributed by atoms with Crippen molar-refractivity contribution in [2.45, 2.75) is 17.8 Å². The van der Waals surface area contributed by atoms with Gasteiger partial charge >= 0.3 is 0 Å². The molecular formula is C17H15BrN4S. The lowest BCUT2D eigenvalue weighted by Gasteiger charge is -2.03. The van der Waals surface area contributed by atoms with Crippen LogP contribution in [0.25, 0.3) is 0 Å². The molecule has 0 fully saturated rings. The first-order chi connectivity index (χ1) is 11.2. The molecule has 0 aliphatic rings. The third kappa shape index (κ3) is 4.30. The lowest BCUT2D eigenvalue weighted by atomic mass is 10.2. The molecule has 23 heavy (non-hydrogen) atoms. The third-order valence-electron chi connectivity index (χ3n) is 3.17. The van der Waals surface area contributed by atoms with E-state index in [1.807, 2.05) is 55.6 Å². The maximum atomic E-state index is 4.50. The van der Waals surface area contributed by atoms with E-state index in [-0.39, 0.29) is 0 Å². The van der Waals surface area contributed by atoms with Gasteiger partial charge in [0.2, 0.25) is 5.16 Å². The minimum absolute atomic E-state index is 0.774. The van der Waals surface area contributed by atoms with Crippen LogP contribution >= 0.6 is 27.7 Å². The minimum Gasteiger partial charge on any atom is -0.192 e. The van der Waals surface area contributed by atoms with Gasteiger partial charge in [-0.15, -0.1) is 10.2 Å². The summed E-state index contributed by atoms with van der Waals surface area (Å²) in [4.78, 5) is 0. The number of aryl methyl sites for hydroxylation is 1. The second kappa shape index (κ2) is 7.57. The van der Waals surface area contributed by atoms with Gasteiger partial charge < -0.3 is 0 Å². The smallest absolute Gasteiger partial charge is 0.192 e. The number of hydrogen-bond acceptors (Lipinski definition) is 4. The molecule has 2 aromatic carbocycles. The van der Waals surface area contributed by atoms with Gasteiger partial charge in [-0.2, -0.15) is 9.78 Å². The van der Waals surface area contributed by atoms with Crippen molar-refractivity contribution in [3.8, 4) is 0 Å². The summed E-state index contributed by atoms with van der Waals surface area (Å²) in [5.74, 6) is 1.60. The number of benzene rings is 2. The summed E-state index contributed by atoms with van der Waals surface area (Å²) in [6.45, 7) is 1.90. The molecule has 1 heterocycles. The Morgan fingerprint density at radius 3 is 2.57 bits per heavy atom. The van der Waals surface area contributed by atoms with Gasteiger partial charge in [-0.05, 0) is 30.2 Å². The molecule has 0 unspecified atom stereocenters. The zero-order valence-corrected chi connectivity index (χ0v) is 15.0. The fraction of sp³-hybridized carbons (Fsp3) is 0.118. The standard InChI is InChI=1S/C17H15BrN4S/c1-13-20-21-17(23-12-15-7-9-16(18)10-8-15)22(13)19-11-14-5-3-2-4-6-14/h2-11H,12H2,1H3/b19-11-. The molecule has 6 heteroatoms. The molecule has 4 nitrogen and oxygen atoms in total. The first-order valence-electron chi connectivity index (χ1n) is 7.11. The Morgan fingerprint density at radius 1 is 1.09 bits per heavy atom. The summed E-state index contributed by atoms with van der Waals surface area (Å²) in [6, 6.07) is 18.3. The lowest BCUT2D eigenvalue weighted by Crippen LogP contribution is -1.96. The highest BCUT2D eigenvalue weighted by molar-refractivity contribution is 9.10. The van der Waals surface area contributed by atoms with Crippen LogP contribution in [0.1, 0.15) is 17.0 Å². The van der Waals surface area contributed by atoms with Crippen LogP contribution in [0.15, 0.2) is 69.3 Å². The molecule has 3 rings (SSSR count). The zero-order chi connectivity index (χ0) is 16.1. The van der Waals surface area contributed by atoms with Gasteiger partial charge in [0.1, 0.15) is 0 Å². The average molecular weight is 387 g/mol. The lowest BCUT2D eigenvalue weighted by molar-refractivity contribution is 0.744. The molecule has 0 spiro atoms. The highest BCUT2D eigenvalue weighted by Crippen LogP contribution is 2.22. The highest BCUT2D eigenvalue weighted by atomic mass is 79.9. The Labute approximate surface area is 147 Å². The van der Waals surface area contributed by atoms with Gasteiger partial charge in [-0.3, -0.25) is 0 Å². The van der Waals surface area contributed by atoms with Crippen molar-refractivity contribution in [1.82, 2.24) is 14.9 Å². The molecule has 116 valence electrons. The SMILES string of the molecule is Cc1nnc(SCc2ccc(Br)cc2)n1/N=C\c1ccccc1. The van der Waals surface area contributed by atoms with Gasteiger partial charge in [0, 0.05) is 10.2 Å². The van der Waals surface area contributed by atoms with Gasteiger partial charge in [0.15, 0.2) is 5.82 Å². The van der Waals surface area contributed by atoms with Crippen molar-refractivity contribution >= 4 is 33.9 Å². The number of nitrogens with zero attached hydrogens (tertiary/aromatic N) is 4. The number of rotatable bonds is 5. The van der Waals surface area contributed by atoms with E-state index < -0.39 is 0 Å². The van der Waals surface area contributed by atoms with Crippen LogP contribution in [-0.4, -0.2) is 21.1 Å². The van der Waals surface area contributed by atoms with E-state index in [1.54, 1.807) is 16.4 Å². The Kier molecular flexibility index (Phi) is 5.25. The maximum absolute atomic E-state index is 4.50. The Bertz CT molecular complexity index is 797. The van der Waals surface area contributed by atoms with E-state index in [4.69, 9.17) is 0 Å². The van der Waals surface area contributed by atoms with Gasteiger partial charge in [-0.25, -0.2) is 0 Å². The molecule has 0 amide bonds. The third-order valence-corrected chi connectivity index (χ3v) is 4.69. The monoisotopic (exact) mass is 386 g/mol. The van der Waals surface area contributed by atoms with E-state index in [2.05, 4.69) is 43.4 Å². The van der Waals surface area contributed by atoms with Gasteiger partial charge in [0.25, 0.3) is 0 Å². The van der Waals surface area contributed by atoms with Crippen LogP contribution in [0.5, 0.6) is 0 Å². The first kappa shape index (κ1) is 16.0.